The Hall–Kier alpha value is -2.16. The molecule has 3 heterocycles. The van der Waals surface area contributed by atoms with Crippen LogP contribution in [0, 0.1) is 0 Å². The van der Waals surface area contributed by atoms with E-state index in [4.69, 9.17) is 4.74 Å². The van der Waals surface area contributed by atoms with Gasteiger partial charge in [-0.3, -0.25) is 4.90 Å². The lowest BCUT2D eigenvalue weighted by molar-refractivity contribution is 0.264. The third kappa shape index (κ3) is 0.922. The standard InChI is InChI=1S/C13H10N2O/c1-2-7-14-9-13-15(8-10(14)4-1)11-5-3-6-12(11)16-13/h1-4,6-9H,5H2. The van der Waals surface area contributed by atoms with Crippen LogP contribution in [-0.2, 0) is 4.74 Å². The second-order valence-electron chi connectivity index (χ2n) is 4.02. The van der Waals surface area contributed by atoms with Crippen LogP contribution < -0.4 is 0 Å². The van der Waals surface area contributed by atoms with E-state index >= 15 is 0 Å². The minimum atomic E-state index is 0.887. The molecule has 0 unspecified atom stereocenters. The molecule has 0 aromatic heterocycles. The second-order valence-corrected chi connectivity index (χ2v) is 4.02. The zero-order chi connectivity index (χ0) is 10.5. The van der Waals surface area contributed by atoms with Gasteiger partial charge in [0.05, 0.1) is 17.6 Å². The second kappa shape index (κ2) is 2.70. The molecule has 0 aromatic rings. The average Bonchev–Trinajstić information content (AvgIpc) is 2.86. The maximum Gasteiger partial charge on any atom is 0.221 e. The van der Waals surface area contributed by atoms with E-state index in [1.807, 2.05) is 30.6 Å². The van der Waals surface area contributed by atoms with Crippen molar-refractivity contribution in [3.63, 3.8) is 0 Å². The van der Waals surface area contributed by atoms with Gasteiger partial charge in [-0.25, -0.2) is 0 Å². The highest BCUT2D eigenvalue weighted by atomic mass is 16.5. The van der Waals surface area contributed by atoms with E-state index in [2.05, 4.69) is 28.2 Å². The molecule has 0 atom stereocenters. The molecule has 4 aliphatic rings. The zero-order valence-electron chi connectivity index (χ0n) is 8.63. The van der Waals surface area contributed by atoms with Gasteiger partial charge in [-0.15, -0.1) is 0 Å². The Morgan fingerprint density at radius 1 is 1.12 bits per heavy atom. The van der Waals surface area contributed by atoms with E-state index in [-0.39, 0.29) is 0 Å². The molecular formula is C13H10N2O. The highest BCUT2D eigenvalue weighted by Gasteiger charge is 2.32. The van der Waals surface area contributed by atoms with Crippen molar-refractivity contribution in [2.24, 2.45) is 0 Å². The molecule has 4 rings (SSSR count). The third-order valence-corrected chi connectivity index (χ3v) is 3.04. The van der Waals surface area contributed by atoms with E-state index in [0.29, 0.717) is 0 Å². The molecule has 16 heavy (non-hydrogen) atoms. The first-order chi connectivity index (χ1) is 7.92. The van der Waals surface area contributed by atoms with Crippen LogP contribution >= 0.6 is 0 Å². The van der Waals surface area contributed by atoms with Gasteiger partial charge in [-0.1, -0.05) is 12.2 Å². The summed E-state index contributed by atoms with van der Waals surface area (Å²) in [5, 5.41) is 0. The number of rotatable bonds is 0. The van der Waals surface area contributed by atoms with Crippen molar-refractivity contribution < 1.29 is 4.74 Å². The molecule has 0 radical (unpaired) electrons. The number of hydrogen-bond donors (Lipinski definition) is 0. The lowest BCUT2D eigenvalue weighted by Gasteiger charge is -2.29. The van der Waals surface area contributed by atoms with Gasteiger partial charge in [0.25, 0.3) is 0 Å². The van der Waals surface area contributed by atoms with Crippen molar-refractivity contribution in [2.75, 3.05) is 0 Å². The summed E-state index contributed by atoms with van der Waals surface area (Å²) in [6.45, 7) is 0. The summed E-state index contributed by atoms with van der Waals surface area (Å²) < 4.78 is 5.77. The summed E-state index contributed by atoms with van der Waals surface area (Å²) in [5.41, 5.74) is 2.40. The summed E-state index contributed by atoms with van der Waals surface area (Å²) in [4.78, 5) is 4.20. The van der Waals surface area contributed by atoms with Gasteiger partial charge in [0.15, 0.2) is 0 Å². The quantitative estimate of drug-likeness (QED) is 0.611. The Balaban J connectivity index is 1.80. The summed E-state index contributed by atoms with van der Waals surface area (Å²) in [7, 11) is 0. The first kappa shape index (κ1) is 8.05. The molecule has 0 saturated heterocycles. The summed E-state index contributed by atoms with van der Waals surface area (Å²) in [6, 6.07) is 0. The molecular weight excluding hydrogens is 200 g/mol. The van der Waals surface area contributed by atoms with Crippen LogP contribution in [0.3, 0.4) is 0 Å². The lowest BCUT2D eigenvalue weighted by atomic mass is 10.2. The molecule has 0 spiro atoms. The summed E-state index contributed by atoms with van der Waals surface area (Å²) >= 11 is 0. The first-order valence-corrected chi connectivity index (χ1v) is 5.35. The van der Waals surface area contributed by atoms with Crippen LogP contribution in [0.15, 0.2) is 72.0 Å². The molecule has 78 valence electrons. The SMILES string of the molecule is C1=CC2=CN3C(=CN2C=C1)OC1=C3CC=C1. The monoisotopic (exact) mass is 210 g/mol. The van der Waals surface area contributed by atoms with Gasteiger partial charge in [0.1, 0.15) is 5.76 Å². The van der Waals surface area contributed by atoms with Crippen LogP contribution in [0.5, 0.6) is 0 Å². The molecule has 0 aromatic carbocycles. The predicted octanol–water partition coefficient (Wildman–Crippen LogP) is 2.53. The smallest absolute Gasteiger partial charge is 0.221 e. The molecule has 3 heteroatoms. The zero-order valence-corrected chi connectivity index (χ0v) is 8.63. The molecule has 0 fully saturated rings. The van der Waals surface area contributed by atoms with Crippen molar-refractivity contribution in [2.45, 2.75) is 6.42 Å². The third-order valence-electron chi connectivity index (χ3n) is 3.04. The van der Waals surface area contributed by atoms with Gasteiger partial charge in [-0.2, -0.15) is 0 Å². The Morgan fingerprint density at radius 3 is 3.12 bits per heavy atom. The number of nitrogens with zero attached hydrogens (tertiary/aromatic N) is 2. The van der Waals surface area contributed by atoms with Crippen LogP contribution in [0.25, 0.3) is 0 Å². The van der Waals surface area contributed by atoms with Crippen molar-refractivity contribution in [1.82, 2.24) is 9.80 Å². The predicted molar refractivity (Wildman–Crippen MR) is 60.0 cm³/mol. The molecule has 0 amide bonds. The highest BCUT2D eigenvalue weighted by Crippen LogP contribution is 2.39. The largest absolute Gasteiger partial charge is 0.437 e. The van der Waals surface area contributed by atoms with E-state index in [0.717, 1.165) is 23.8 Å². The van der Waals surface area contributed by atoms with Crippen molar-refractivity contribution in [3.8, 4) is 0 Å². The van der Waals surface area contributed by atoms with E-state index in [1.54, 1.807) is 0 Å². The minimum Gasteiger partial charge on any atom is -0.437 e. The maximum atomic E-state index is 5.77. The number of hydrogen-bond acceptors (Lipinski definition) is 3. The van der Waals surface area contributed by atoms with E-state index in [9.17, 15) is 0 Å². The van der Waals surface area contributed by atoms with Crippen molar-refractivity contribution in [1.29, 1.82) is 0 Å². The molecule has 0 saturated carbocycles. The fraction of sp³-hybridized carbons (Fsp3) is 0.0769. The molecule has 1 aliphatic carbocycles. The van der Waals surface area contributed by atoms with Gasteiger partial charge in [0, 0.05) is 18.8 Å². The fourth-order valence-electron chi connectivity index (χ4n) is 2.26. The number of allylic oxidation sites excluding steroid dienone is 5. The Labute approximate surface area is 93.6 Å². The van der Waals surface area contributed by atoms with Crippen LogP contribution in [0.4, 0.5) is 0 Å². The van der Waals surface area contributed by atoms with Crippen molar-refractivity contribution in [3.05, 3.63) is 72.0 Å². The van der Waals surface area contributed by atoms with Gasteiger partial charge in [0.2, 0.25) is 5.88 Å². The average molecular weight is 210 g/mol. The van der Waals surface area contributed by atoms with E-state index in [1.165, 1.54) is 5.70 Å². The topological polar surface area (TPSA) is 15.7 Å². The Bertz CT molecular complexity index is 546. The minimum absolute atomic E-state index is 0.887. The van der Waals surface area contributed by atoms with Crippen molar-refractivity contribution >= 4 is 0 Å². The van der Waals surface area contributed by atoms with Gasteiger partial charge >= 0.3 is 0 Å². The normalized spacial score (nSPS) is 24.0. The molecule has 3 aliphatic heterocycles. The van der Waals surface area contributed by atoms with E-state index < -0.39 is 0 Å². The Morgan fingerprint density at radius 2 is 2.12 bits per heavy atom. The first-order valence-electron chi connectivity index (χ1n) is 5.35. The number of fused-ring (bicyclic) bond motifs is 3. The van der Waals surface area contributed by atoms with Crippen LogP contribution in [0.2, 0.25) is 0 Å². The van der Waals surface area contributed by atoms with Crippen LogP contribution in [-0.4, -0.2) is 9.80 Å². The van der Waals surface area contributed by atoms with Gasteiger partial charge < -0.3 is 9.64 Å². The van der Waals surface area contributed by atoms with Crippen LogP contribution in [0.1, 0.15) is 6.42 Å². The fourth-order valence-corrected chi connectivity index (χ4v) is 2.26. The molecule has 0 N–H and O–H groups in total. The molecule has 3 nitrogen and oxygen atoms in total. The van der Waals surface area contributed by atoms with Gasteiger partial charge in [-0.05, 0) is 18.2 Å². The maximum absolute atomic E-state index is 5.77. The summed E-state index contributed by atoms with van der Waals surface area (Å²) in [6.07, 6.45) is 17.4. The Kier molecular flexibility index (Phi) is 1.36. The highest BCUT2D eigenvalue weighted by molar-refractivity contribution is 5.42. The summed E-state index contributed by atoms with van der Waals surface area (Å²) in [5.74, 6) is 1.87. The lowest BCUT2D eigenvalue weighted by Crippen LogP contribution is -2.23. The number of ether oxygens (including phenoxy) is 1. The molecule has 0 bridgehead atoms.